The molecule has 2 aromatic rings. The molecule has 0 heterocycles. The Bertz CT molecular complexity index is 846. The predicted octanol–water partition coefficient (Wildman–Crippen LogP) is 3.41. The summed E-state index contributed by atoms with van der Waals surface area (Å²) in [5, 5.41) is 2.76. The Morgan fingerprint density at radius 2 is 1.73 bits per heavy atom. The van der Waals surface area contributed by atoms with E-state index in [0.717, 1.165) is 6.42 Å². The van der Waals surface area contributed by atoms with Crippen LogP contribution in [-0.4, -0.2) is 27.0 Å². The van der Waals surface area contributed by atoms with Crippen LogP contribution in [0.3, 0.4) is 0 Å². The van der Waals surface area contributed by atoms with Gasteiger partial charge in [0.2, 0.25) is 10.0 Å². The summed E-state index contributed by atoms with van der Waals surface area (Å²) in [5.74, 6) is 0.208. The maximum atomic E-state index is 12.5. The van der Waals surface area contributed by atoms with Crippen molar-refractivity contribution < 1.29 is 17.9 Å². The fourth-order valence-electron chi connectivity index (χ4n) is 2.29. The Hall–Kier alpha value is -2.38. The number of nitrogens with one attached hydrogen (secondary N) is 2. The van der Waals surface area contributed by atoms with Crippen LogP contribution < -0.4 is 14.8 Å². The van der Waals surface area contributed by atoms with Gasteiger partial charge in [0, 0.05) is 11.7 Å². The molecular weight excluding hydrogens is 352 g/mol. The van der Waals surface area contributed by atoms with Gasteiger partial charge in [-0.3, -0.25) is 4.79 Å². The molecule has 0 saturated heterocycles. The van der Waals surface area contributed by atoms with Crippen molar-refractivity contribution in [1.29, 1.82) is 0 Å². The number of ether oxygens (including phenoxy) is 1. The molecule has 0 aliphatic carbocycles. The monoisotopic (exact) mass is 376 g/mol. The largest absolute Gasteiger partial charge is 0.493 e. The van der Waals surface area contributed by atoms with Crippen LogP contribution in [0.25, 0.3) is 0 Å². The molecule has 140 valence electrons. The molecular formula is C19H24N2O4S. The Morgan fingerprint density at radius 3 is 2.35 bits per heavy atom. The van der Waals surface area contributed by atoms with E-state index in [1.807, 2.05) is 13.0 Å². The minimum absolute atomic E-state index is 0.149. The fourth-order valence-corrected chi connectivity index (χ4v) is 3.54. The second kappa shape index (κ2) is 8.82. The molecule has 0 aliphatic rings. The van der Waals surface area contributed by atoms with Gasteiger partial charge in [-0.2, -0.15) is 0 Å². The van der Waals surface area contributed by atoms with Crippen molar-refractivity contribution in [2.75, 3.05) is 11.9 Å². The summed E-state index contributed by atoms with van der Waals surface area (Å²) in [4.78, 5) is 12.7. The van der Waals surface area contributed by atoms with Crippen molar-refractivity contribution in [3.63, 3.8) is 0 Å². The van der Waals surface area contributed by atoms with Crippen molar-refractivity contribution in [3.8, 4) is 5.75 Å². The summed E-state index contributed by atoms with van der Waals surface area (Å²) < 4.78 is 32.4. The normalized spacial score (nSPS) is 11.4. The number of benzene rings is 2. The van der Waals surface area contributed by atoms with Crippen molar-refractivity contribution in [3.05, 3.63) is 54.1 Å². The number of hydrogen-bond acceptors (Lipinski definition) is 4. The lowest BCUT2D eigenvalue weighted by atomic mass is 10.2. The topological polar surface area (TPSA) is 84.5 Å². The molecule has 6 nitrogen and oxygen atoms in total. The van der Waals surface area contributed by atoms with E-state index in [4.69, 9.17) is 4.74 Å². The average molecular weight is 376 g/mol. The van der Waals surface area contributed by atoms with Gasteiger partial charge >= 0.3 is 0 Å². The van der Waals surface area contributed by atoms with Gasteiger partial charge in [0.25, 0.3) is 5.91 Å². The molecule has 0 atom stereocenters. The second-order valence-electron chi connectivity index (χ2n) is 6.10. The molecule has 26 heavy (non-hydrogen) atoms. The molecule has 2 aromatic carbocycles. The number of amides is 1. The summed E-state index contributed by atoms with van der Waals surface area (Å²) in [6, 6.07) is 12.8. The summed E-state index contributed by atoms with van der Waals surface area (Å²) in [7, 11) is -3.56. The summed E-state index contributed by atoms with van der Waals surface area (Å²) in [6.07, 6.45) is 0.844. The maximum Gasteiger partial charge on any atom is 0.259 e. The molecule has 7 heteroatoms. The summed E-state index contributed by atoms with van der Waals surface area (Å²) in [6.45, 7) is 6.03. The standard InChI is InChI=1S/C19H24N2O4S/c1-4-13-25-18-8-6-5-7-17(18)19(22)20-15-9-11-16(12-10-15)26(23,24)21-14(2)3/h5-12,14,21H,4,13H2,1-3H3,(H,20,22). The SMILES string of the molecule is CCCOc1ccccc1C(=O)Nc1ccc(S(=O)(=O)NC(C)C)cc1. The van der Waals surface area contributed by atoms with Crippen molar-refractivity contribution in [1.82, 2.24) is 4.72 Å². The second-order valence-corrected chi connectivity index (χ2v) is 7.81. The van der Waals surface area contributed by atoms with E-state index >= 15 is 0 Å². The van der Waals surface area contributed by atoms with Crippen LogP contribution in [0, 0.1) is 0 Å². The smallest absolute Gasteiger partial charge is 0.259 e. The van der Waals surface area contributed by atoms with Crippen LogP contribution in [0.2, 0.25) is 0 Å². The van der Waals surface area contributed by atoms with Crippen molar-refractivity contribution >= 4 is 21.6 Å². The molecule has 0 fully saturated rings. The first kappa shape index (κ1) is 19.9. The van der Waals surface area contributed by atoms with Crippen molar-refractivity contribution in [2.24, 2.45) is 0 Å². The molecule has 0 aliphatic heterocycles. The molecule has 2 N–H and O–H groups in total. The number of carbonyl (C=O) groups is 1. The highest BCUT2D eigenvalue weighted by molar-refractivity contribution is 7.89. The molecule has 2 rings (SSSR count). The van der Waals surface area contributed by atoms with E-state index in [1.165, 1.54) is 12.1 Å². The lowest BCUT2D eigenvalue weighted by Crippen LogP contribution is -2.30. The average Bonchev–Trinajstić information content (AvgIpc) is 2.59. The van der Waals surface area contributed by atoms with Gasteiger partial charge in [0.15, 0.2) is 0 Å². The van der Waals surface area contributed by atoms with Crippen LogP contribution in [0.5, 0.6) is 5.75 Å². The van der Waals surface area contributed by atoms with Gasteiger partial charge in [0.05, 0.1) is 17.1 Å². The van der Waals surface area contributed by atoms with Gasteiger partial charge in [0.1, 0.15) is 5.75 Å². The Balaban J connectivity index is 2.13. The van der Waals surface area contributed by atoms with Crippen LogP contribution in [0.1, 0.15) is 37.6 Å². The third-order valence-corrected chi connectivity index (χ3v) is 5.08. The zero-order chi connectivity index (χ0) is 19.2. The Morgan fingerprint density at radius 1 is 1.08 bits per heavy atom. The molecule has 0 unspecified atom stereocenters. The van der Waals surface area contributed by atoms with Gasteiger partial charge in [-0.15, -0.1) is 0 Å². The number of anilines is 1. The maximum absolute atomic E-state index is 12.5. The summed E-state index contributed by atoms with van der Waals surface area (Å²) in [5.41, 5.74) is 0.933. The lowest BCUT2D eigenvalue weighted by molar-refractivity contribution is 0.102. The first-order valence-electron chi connectivity index (χ1n) is 8.49. The van der Waals surface area contributed by atoms with Crippen LogP contribution >= 0.6 is 0 Å². The van der Waals surface area contributed by atoms with Crippen LogP contribution in [0.4, 0.5) is 5.69 Å². The van der Waals surface area contributed by atoms with E-state index < -0.39 is 10.0 Å². The summed E-state index contributed by atoms with van der Waals surface area (Å²) >= 11 is 0. The third-order valence-electron chi connectivity index (χ3n) is 3.41. The van der Waals surface area contributed by atoms with Gasteiger partial charge < -0.3 is 10.1 Å². The molecule has 0 bridgehead atoms. The quantitative estimate of drug-likeness (QED) is 0.739. The molecule has 1 amide bonds. The molecule has 0 radical (unpaired) electrons. The number of carbonyl (C=O) groups excluding carboxylic acids is 1. The highest BCUT2D eigenvalue weighted by Crippen LogP contribution is 2.21. The lowest BCUT2D eigenvalue weighted by Gasteiger charge is -2.12. The van der Waals surface area contributed by atoms with E-state index in [2.05, 4.69) is 10.0 Å². The zero-order valence-electron chi connectivity index (χ0n) is 15.2. The molecule has 0 saturated carbocycles. The minimum Gasteiger partial charge on any atom is -0.493 e. The third kappa shape index (κ3) is 5.31. The van der Waals surface area contributed by atoms with E-state index in [-0.39, 0.29) is 16.8 Å². The predicted molar refractivity (Wildman–Crippen MR) is 102 cm³/mol. The van der Waals surface area contributed by atoms with Gasteiger partial charge in [-0.1, -0.05) is 19.1 Å². The number of para-hydroxylation sites is 1. The van der Waals surface area contributed by atoms with Crippen molar-refractivity contribution in [2.45, 2.75) is 38.1 Å². The fraction of sp³-hybridized carbons (Fsp3) is 0.316. The minimum atomic E-state index is -3.56. The number of rotatable bonds is 8. The van der Waals surface area contributed by atoms with Crippen LogP contribution in [0.15, 0.2) is 53.4 Å². The van der Waals surface area contributed by atoms with Gasteiger partial charge in [-0.05, 0) is 56.7 Å². The highest BCUT2D eigenvalue weighted by Gasteiger charge is 2.16. The number of hydrogen-bond donors (Lipinski definition) is 2. The number of sulfonamides is 1. The Kier molecular flexibility index (Phi) is 6.76. The van der Waals surface area contributed by atoms with E-state index in [1.54, 1.807) is 44.2 Å². The highest BCUT2D eigenvalue weighted by atomic mass is 32.2. The zero-order valence-corrected chi connectivity index (χ0v) is 16.0. The van der Waals surface area contributed by atoms with E-state index in [0.29, 0.717) is 23.6 Å². The first-order valence-corrected chi connectivity index (χ1v) is 9.97. The van der Waals surface area contributed by atoms with E-state index in [9.17, 15) is 13.2 Å². The Labute approximate surface area is 154 Å². The molecule has 0 spiro atoms. The first-order chi connectivity index (χ1) is 12.3. The van der Waals surface area contributed by atoms with Gasteiger partial charge in [-0.25, -0.2) is 13.1 Å². The van der Waals surface area contributed by atoms with Crippen LogP contribution in [-0.2, 0) is 10.0 Å². The molecule has 0 aromatic heterocycles.